The number of hydrogen-bond donors (Lipinski definition) is 1. The monoisotopic (exact) mass is 207 g/mol. The molecule has 0 bridgehead atoms. The van der Waals surface area contributed by atoms with Crippen LogP contribution < -0.4 is 5.32 Å². The summed E-state index contributed by atoms with van der Waals surface area (Å²) in [6.07, 6.45) is 2.48. The van der Waals surface area contributed by atoms with Gasteiger partial charge in [0.1, 0.15) is 0 Å². The van der Waals surface area contributed by atoms with Crippen molar-refractivity contribution in [1.29, 1.82) is 0 Å². The third kappa shape index (κ3) is 1.92. The molecule has 5 nitrogen and oxygen atoms in total. The summed E-state index contributed by atoms with van der Waals surface area (Å²) in [7, 11) is 1.87. The van der Waals surface area contributed by atoms with Crippen LogP contribution in [0.1, 0.15) is 25.3 Å². The van der Waals surface area contributed by atoms with Gasteiger partial charge in [-0.05, 0) is 25.6 Å². The van der Waals surface area contributed by atoms with Crippen molar-refractivity contribution in [3.8, 4) is 11.6 Å². The Kier molecular flexibility index (Phi) is 2.82. The third-order valence-electron chi connectivity index (χ3n) is 2.24. The molecule has 0 aliphatic rings. The molecule has 0 saturated carbocycles. The molecule has 2 rings (SSSR count). The van der Waals surface area contributed by atoms with Crippen LogP contribution >= 0.6 is 0 Å². The topological polar surface area (TPSA) is 64.1 Å². The van der Waals surface area contributed by atoms with E-state index in [2.05, 4.69) is 22.4 Å². The Labute approximate surface area is 87.5 Å². The highest BCUT2D eigenvalue weighted by molar-refractivity contribution is 5.44. The first kappa shape index (κ1) is 9.92. The maximum atomic E-state index is 5.17. The second-order valence-electron chi connectivity index (χ2n) is 3.18. The Morgan fingerprint density at radius 3 is 3.00 bits per heavy atom. The van der Waals surface area contributed by atoms with Gasteiger partial charge in [-0.15, -0.1) is 0 Å². The first-order valence-corrected chi connectivity index (χ1v) is 4.90. The first-order valence-electron chi connectivity index (χ1n) is 4.90. The molecule has 1 atom stereocenters. The zero-order valence-corrected chi connectivity index (χ0v) is 8.73. The lowest BCUT2D eigenvalue weighted by atomic mass is 10.2. The summed E-state index contributed by atoms with van der Waals surface area (Å²) < 4.78 is 10.3. The number of rotatable bonds is 4. The SMILES string of the molecule is CCC(NC)c1nc(-c2ccco2)no1. The van der Waals surface area contributed by atoms with E-state index in [9.17, 15) is 0 Å². The molecule has 1 N–H and O–H groups in total. The van der Waals surface area contributed by atoms with Crippen LogP contribution in [0.2, 0.25) is 0 Å². The van der Waals surface area contributed by atoms with E-state index in [0.29, 0.717) is 17.5 Å². The number of furan rings is 1. The van der Waals surface area contributed by atoms with Gasteiger partial charge < -0.3 is 14.3 Å². The second kappa shape index (κ2) is 4.27. The molecule has 0 amide bonds. The fourth-order valence-electron chi connectivity index (χ4n) is 1.38. The summed E-state index contributed by atoms with van der Waals surface area (Å²) in [6, 6.07) is 3.69. The Bertz CT molecular complexity index is 404. The van der Waals surface area contributed by atoms with Crippen molar-refractivity contribution < 1.29 is 8.94 Å². The minimum atomic E-state index is 0.0983. The van der Waals surface area contributed by atoms with Crippen molar-refractivity contribution in [2.45, 2.75) is 19.4 Å². The van der Waals surface area contributed by atoms with Gasteiger partial charge in [-0.25, -0.2) is 0 Å². The van der Waals surface area contributed by atoms with E-state index in [1.807, 2.05) is 7.05 Å². The van der Waals surface area contributed by atoms with Gasteiger partial charge >= 0.3 is 0 Å². The molecule has 2 aromatic heterocycles. The molecule has 0 aromatic carbocycles. The predicted molar refractivity (Wildman–Crippen MR) is 54.1 cm³/mol. The van der Waals surface area contributed by atoms with Crippen LogP contribution in [-0.2, 0) is 0 Å². The van der Waals surface area contributed by atoms with Crippen LogP contribution in [0.15, 0.2) is 27.3 Å². The van der Waals surface area contributed by atoms with Gasteiger partial charge in [-0.2, -0.15) is 4.98 Å². The van der Waals surface area contributed by atoms with Crippen LogP contribution in [-0.4, -0.2) is 17.2 Å². The Hall–Kier alpha value is -1.62. The van der Waals surface area contributed by atoms with Crippen LogP contribution in [0, 0.1) is 0 Å². The minimum absolute atomic E-state index is 0.0983. The number of nitrogens with zero attached hydrogens (tertiary/aromatic N) is 2. The van der Waals surface area contributed by atoms with Crippen molar-refractivity contribution >= 4 is 0 Å². The molecular weight excluding hydrogens is 194 g/mol. The fourth-order valence-corrected chi connectivity index (χ4v) is 1.38. The minimum Gasteiger partial charge on any atom is -0.461 e. The molecule has 0 fully saturated rings. The van der Waals surface area contributed by atoms with Gasteiger partial charge in [-0.3, -0.25) is 0 Å². The smallest absolute Gasteiger partial charge is 0.244 e. The molecule has 15 heavy (non-hydrogen) atoms. The molecule has 0 spiro atoms. The first-order chi connectivity index (χ1) is 7.35. The second-order valence-corrected chi connectivity index (χ2v) is 3.18. The van der Waals surface area contributed by atoms with E-state index < -0.39 is 0 Å². The van der Waals surface area contributed by atoms with Gasteiger partial charge in [0.2, 0.25) is 11.7 Å². The van der Waals surface area contributed by atoms with Gasteiger partial charge in [0, 0.05) is 0 Å². The summed E-state index contributed by atoms with van der Waals surface area (Å²) in [5, 5.41) is 6.96. The fraction of sp³-hybridized carbons (Fsp3) is 0.400. The standard InChI is InChI=1S/C10H13N3O2/c1-3-7(11-2)10-12-9(13-15-10)8-5-4-6-14-8/h4-7,11H,3H2,1-2H3. The molecule has 5 heteroatoms. The van der Waals surface area contributed by atoms with E-state index in [-0.39, 0.29) is 6.04 Å². The number of aromatic nitrogens is 2. The Morgan fingerprint density at radius 2 is 2.40 bits per heavy atom. The molecule has 1 unspecified atom stereocenters. The van der Waals surface area contributed by atoms with E-state index in [1.165, 1.54) is 0 Å². The number of hydrogen-bond acceptors (Lipinski definition) is 5. The van der Waals surface area contributed by atoms with E-state index in [4.69, 9.17) is 8.94 Å². The summed E-state index contributed by atoms with van der Waals surface area (Å²) in [4.78, 5) is 4.26. The normalized spacial score (nSPS) is 12.9. The zero-order valence-electron chi connectivity index (χ0n) is 8.73. The van der Waals surface area contributed by atoms with Crippen molar-refractivity contribution in [1.82, 2.24) is 15.5 Å². The molecule has 80 valence electrons. The largest absolute Gasteiger partial charge is 0.461 e. The highest BCUT2D eigenvalue weighted by atomic mass is 16.5. The summed E-state index contributed by atoms with van der Waals surface area (Å²) in [5.41, 5.74) is 0. The summed E-state index contributed by atoms with van der Waals surface area (Å²) in [5.74, 6) is 1.70. The Balaban J connectivity index is 2.24. The maximum absolute atomic E-state index is 5.17. The molecule has 0 saturated heterocycles. The van der Waals surface area contributed by atoms with Crippen molar-refractivity contribution in [3.05, 3.63) is 24.3 Å². The van der Waals surface area contributed by atoms with Crippen molar-refractivity contribution in [2.24, 2.45) is 0 Å². The lowest BCUT2D eigenvalue weighted by Crippen LogP contribution is -2.15. The lowest BCUT2D eigenvalue weighted by molar-refractivity contribution is 0.334. The van der Waals surface area contributed by atoms with Crippen molar-refractivity contribution in [2.75, 3.05) is 7.05 Å². The van der Waals surface area contributed by atoms with Crippen LogP contribution in [0.4, 0.5) is 0 Å². The van der Waals surface area contributed by atoms with E-state index in [1.54, 1.807) is 18.4 Å². The van der Waals surface area contributed by atoms with Gasteiger partial charge in [0.25, 0.3) is 0 Å². The van der Waals surface area contributed by atoms with Gasteiger partial charge in [0.15, 0.2) is 5.76 Å². The molecule has 0 aliphatic heterocycles. The lowest BCUT2D eigenvalue weighted by Gasteiger charge is -2.06. The highest BCUT2D eigenvalue weighted by Crippen LogP contribution is 2.20. The molecule has 2 aromatic rings. The van der Waals surface area contributed by atoms with Crippen LogP contribution in [0.25, 0.3) is 11.6 Å². The van der Waals surface area contributed by atoms with E-state index in [0.717, 1.165) is 6.42 Å². The Morgan fingerprint density at radius 1 is 1.53 bits per heavy atom. The average molecular weight is 207 g/mol. The molecular formula is C10H13N3O2. The predicted octanol–water partition coefficient (Wildman–Crippen LogP) is 2.00. The van der Waals surface area contributed by atoms with E-state index >= 15 is 0 Å². The molecule has 2 heterocycles. The number of nitrogens with one attached hydrogen (secondary N) is 1. The van der Waals surface area contributed by atoms with Crippen LogP contribution in [0.3, 0.4) is 0 Å². The summed E-state index contributed by atoms with van der Waals surface area (Å²) in [6.45, 7) is 2.05. The average Bonchev–Trinajstić information content (AvgIpc) is 2.89. The van der Waals surface area contributed by atoms with Gasteiger partial charge in [0.05, 0.1) is 12.3 Å². The molecule has 0 radical (unpaired) electrons. The highest BCUT2D eigenvalue weighted by Gasteiger charge is 2.16. The van der Waals surface area contributed by atoms with Crippen molar-refractivity contribution in [3.63, 3.8) is 0 Å². The summed E-state index contributed by atoms with van der Waals surface area (Å²) >= 11 is 0. The zero-order chi connectivity index (χ0) is 10.7. The van der Waals surface area contributed by atoms with Gasteiger partial charge in [-0.1, -0.05) is 12.1 Å². The molecule has 0 aliphatic carbocycles. The van der Waals surface area contributed by atoms with Crippen LogP contribution in [0.5, 0.6) is 0 Å². The quantitative estimate of drug-likeness (QED) is 0.830. The maximum Gasteiger partial charge on any atom is 0.244 e. The third-order valence-corrected chi connectivity index (χ3v) is 2.24.